The van der Waals surface area contributed by atoms with Crippen molar-refractivity contribution < 1.29 is 9.53 Å². The van der Waals surface area contributed by atoms with Gasteiger partial charge in [0.1, 0.15) is 0 Å². The number of rotatable bonds is 5. The molecule has 0 spiro atoms. The minimum absolute atomic E-state index is 0.0514. The number of carbonyl (C=O) groups is 1. The van der Waals surface area contributed by atoms with E-state index in [9.17, 15) is 9.59 Å². The minimum Gasteiger partial charge on any atom is -0.461 e. The number of esters is 1. The molecule has 2 bridgehead atoms. The molecule has 6 nitrogen and oxygen atoms in total. The van der Waals surface area contributed by atoms with Gasteiger partial charge in [0.15, 0.2) is 0 Å². The number of nitrogens with zero attached hydrogens (tertiary/aromatic N) is 3. The second-order valence-electron chi connectivity index (χ2n) is 11.7. The summed E-state index contributed by atoms with van der Waals surface area (Å²) in [5, 5.41) is 0. The van der Waals surface area contributed by atoms with Crippen molar-refractivity contribution in [1.29, 1.82) is 0 Å². The number of ether oxygens (including phenoxy) is 1. The molecule has 1 aromatic carbocycles. The van der Waals surface area contributed by atoms with Gasteiger partial charge in [0, 0.05) is 23.7 Å². The topological polar surface area (TPSA) is 64.4 Å². The lowest BCUT2D eigenvalue weighted by Gasteiger charge is -2.57. The Labute approximate surface area is 197 Å². The smallest absolute Gasteiger partial charge is 0.362 e. The van der Waals surface area contributed by atoms with Crippen LogP contribution in [-0.2, 0) is 4.74 Å². The summed E-state index contributed by atoms with van der Waals surface area (Å²) in [6.07, 6.45) is 6.51. The highest BCUT2D eigenvalue weighted by Crippen LogP contribution is 2.45. The maximum atomic E-state index is 13.6. The summed E-state index contributed by atoms with van der Waals surface area (Å²) in [6, 6.07) is 8.57. The Bertz CT molecular complexity index is 1070. The van der Waals surface area contributed by atoms with Gasteiger partial charge in [-0.3, -0.25) is 9.69 Å². The van der Waals surface area contributed by atoms with E-state index in [1.807, 2.05) is 28.8 Å². The van der Waals surface area contributed by atoms with Crippen LogP contribution in [0.4, 0.5) is 0 Å². The fraction of sp³-hybridized carbons (Fsp3) is 0.667. The summed E-state index contributed by atoms with van der Waals surface area (Å²) >= 11 is 0. The average molecular weight is 454 g/mol. The van der Waals surface area contributed by atoms with Gasteiger partial charge in [-0.15, -0.1) is 0 Å². The maximum absolute atomic E-state index is 13.6. The van der Waals surface area contributed by atoms with Crippen LogP contribution in [0, 0.1) is 5.41 Å². The monoisotopic (exact) mass is 453 g/mol. The summed E-state index contributed by atoms with van der Waals surface area (Å²) in [5.41, 5.74) is 1.40. The van der Waals surface area contributed by atoms with Gasteiger partial charge in [0.2, 0.25) is 5.69 Å². The van der Waals surface area contributed by atoms with Crippen molar-refractivity contribution in [1.82, 2.24) is 14.5 Å². The van der Waals surface area contributed by atoms with Gasteiger partial charge in [-0.25, -0.2) is 9.78 Å². The molecule has 2 aliphatic rings. The Morgan fingerprint density at radius 1 is 1.06 bits per heavy atom. The van der Waals surface area contributed by atoms with Crippen molar-refractivity contribution in [3.63, 3.8) is 0 Å². The van der Waals surface area contributed by atoms with Crippen LogP contribution in [0.1, 0.15) is 96.6 Å². The number of hydrogen-bond acceptors (Lipinski definition) is 5. The Morgan fingerprint density at radius 2 is 1.70 bits per heavy atom. The maximum Gasteiger partial charge on any atom is 0.362 e. The zero-order valence-electron chi connectivity index (χ0n) is 21.1. The Balaban J connectivity index is 1.75. The van der Waals surface area contributed by atoms with Crippen LogP contribution in [0.25, 0.3) is 11.0 Å². The van der Waals surface area contributed by atoms with Gasteiger partial charge in [0.05, 0.1) is 17.6 Å². The predicted octanol–water partition coefficient (Wildman–Crippen LogP) is 5.35. The molecule has 1 unspecified atom stereocenters. The first-order valence-electron chi connectivity index (χ1n) is 12.5. The van der Waals surface area contributed by atoms with Gasteiger partial charge in [0.25, 0.3) is 5.56 Å². The van der Waals surface area contributed by atoms with Crippen LogP contribution >= 0.6 is 0 Å². The van der Waals surface area contributed by atoms with Crippen molar-refractivity contribution >= 4 is 17.0 Å². The number of aromatic nitrogens is 2. The van der Waals surface area contributed by atoms with E-state index in [1.54, 1.807) is 6.92 Å². The second-order valence-corrected chi connectivity index (χ2v) is 11.7. The quantitative estimate of drug-likeness (QED) is 0.571. The van der Waals surface area contributed by atoms with Crippen LogP contribution in [0.15, 0.2) is 29.1 Å². The van der Waals surface area contributed by atoms with Gasteiger partial charge in [-0.2, -0.15) is 0 Å². The van der Waals surface area contributed by atoms with E-state index in [0.29, 0.717) is 17.6 Å². The SMILES string of the molecule is CCOC(=O)c1nc2ccccc2n(C2C[C@H]3CCC[C@@H](C2)N3C(C)(C)CC(C)(C)C)c1=O. The van der Waals surface area contributed by atoms with Gasteiger partial charge in [-0.1, -0.05) is 39.3 Å². The number of fused-ring (bicyclic) bond motifs is 3. The molecule has 1 aromatic heterocycles. The molecule has 180 valence electrons. The van der Waals surface area contributed by atoms with Crippen molar-refractivity contribution in [2.45, 2.75) is 104 Å². The zero-order chi connectivity index (χ0) is 24.0. The third kappa shape index (κ3) is 4.72. The van der Waals surface area contributed by atoms with Gasteiger partial charge in [-0.05, 0) is 70.4 Å². The fourth-order valence-electron chi connectivity index (χ4n) is 6.79. The molecule has 4 rings (SSSR count). The molecular weight excluding hydrogens is 414 g/mol. The first kappa shape index (κ1) is 23.9. The normalized spacial score (nSPS) is 24.1. The number of benzene rings is 1. The summed E-state index contributed by atoms with van der Waals surface area (Å²) in [6.45, 7) is 13.7. The van der Waals surface area contributed by atoms with Gasteiger partial charge < -0.3 is 9.30 Å². The van der Waals surface area contributed by atoms with Crippen molar-refractivity contribution in [2.75, 3.05) is 6.61 Å². The molecule has 0 amide bonds. The minimum atomic E-state index is -0.633. The highest BCUT2D eigenvalue weighted by Gasteiger charge is 2.46. The van der Waals surface area contributed by atoms with Crippen LogP contribution in [0.3, 0.4) is 0 Å². The van der Waals surface area contributed by atoms with E-state index in [0.717, 1.165) is 37.6 Å². The first-order chi connectivity index (χ1) is 15.5. The molecule has 0 N–H and O–H groups in total. The van der Waals surface area contributed by atoms with Crippen LogP contribution in [0.2, 0.25) is 0 Å². The number of hydrogen-bond donors (Lipinski definition) is 0. The Hall–Kier alpha value is -2.21. The zero-order valence-corrected chi connectivity index (χ0v) is 21.1. The predicted molar refractivity (Wildman–Crippen MR) is 132 cm³/mol. The van der Waals surface area contributed by atoms with E-state index in [4.69, 9.17) is 4.74 Å². The van der Waals surface area contributed by atoms with Crippen molar-refractivity contribution in [2.24, 2.45) is 5.41 Å². The lowest BCUT2D eigenvalue weighted by atomic mass is 9.74. The third-order valence-electron chi connectivity index (χ3n) is 7.24. The number of piperidine rings is 2. The Kier molecular flexibility index (Phi) is 6.43. The lowest BCUT2D eigenvalue weighted by molar-refractivity contribution is -0.0670. The van der Waals surface area contributed by atoms with Crippen LogP contribution in [0.5, 0.6) is 0 Å². The molecule has 3 heterocycles. The van der Waals surface area contributed by atoms with Crippen LogP contribution in [-0.4, -0.2) is 44.6 Å². The van der Waals surface area contributed by atoms with Crippen molar-refractivity contribution in [3.05, 3.63) is 40.3 Å². The van der Waals surface area contributed by atoms with E-state index >= 15 is 0 Å². The first-order valence-corrected chi connectivity index (χ1v) is 12.5. The van der Waals surface area contributed by atoms with Crippen molar-refractivity contribution in [3.8, 4) is 0 Å². The molecule has 33 heavy (non-hydrogen) atoms. The molecule has 2 aliphatic heterocycles. The number of para-hydroxylation sites is 2. The average Bonchev–Trinajstić information content (AvgIpc) is 2.70. The van der Waals surface area contributed by atoms with Crippen LogP contribution < -0.4 is 5.56 Å². The molecule has 0 aliphatic carbocycles. The highest BCUT2D eigenvalue weighted by molar-refractivity contribution is 5.89. The molecule has 2 saturated heterocycles. The lowest BCUT2D eigenvalue weighted by Crippen LogP contribution is -2.61. The molecule has 2 fully saturated rings. The second kappa shape index (κ2) is 8.86. The largest absolute Gasteiger partial charge is 0.461 e. The van der Waals surface area contributed by atoms with Gasteiger partial charge >= 0.3 is 5.97 Å². The number of carbonyl (C=O) groups excluding carboxylic acids is 1. The highest BCUT2D eigenvalue weighted by atomic mass is 16.5. The molecule has 0 saturated carbocycles. The summed E-state index contributed by atoms with van der Waals surface area (Å²) in [4.78, 5) is 33.3. The van der Waals surface area contributed by atoms with E-state index in [1.165, 1.54) is 6.42 Å². The molecule has 3 atom stereocenters. The summed E-state index contributed by atoms with van der Waals surface area (Å²) in [5.74, 6) is -0.633. The standard InChI is InChI=1S/C27H39N3O3/c1-7-33-25(32)23-24(31)29(22-14-9-8-13-21(22)28-23)20-15-18-11-10-12-19(16-20)30(18)27(5,6)17-26(2,3)4/h8-9,13-14,18-20H,7,10-12,15-17H2,1-6H3/t18-,19+,20?. The molecule has 6 heteroatoms. The molecular formula is C27H39N3O3. The molecule has 0 radical (unpaired) electrons. The van der Waals surface area contributed by atoms with E-state index in [-0.39, 0.29) is 34.9 Å². The summed E-state index contributed by atoms with van der Waals surface area (Å²) < 4.78 is 7.01. The molecule has 2 aromatic rings. The Morgan fingerprint density at radius 3 is 2.30 bits per heavy atom. The third-order valence-corrected chi connectivity index (χ3v) is 7.24. The fourth-order valence-corrected chi connectivity index (χ4v) is 6.79. The van der Waals surface area contributed by atoms with E-state index < -0.39 is 5.97 Å². The summed E-state index contributed by atoms with van der Waals surface area (Å²) in [7, 11) is 0. The van der Waals surface area contributed by atoms with E-state index in [2.05, 4.69) is 44.5 Å².